The Morgan fingerprint density at radius 2 is 2.11 bits per heavy atom. The Bertz CT molecular complexity index is 587. The van der Waals surface area contributed by atoms with E-state index in [-0.39, 0.29) is 0 Å². The van der Waals surface area contributed by atoms with Crippen LogP contribution in [-0.2, 0) is 6.42 Å². The van der Waals surface area contributed by atoms with Crippen LogP contribution in [0.3, 0.4) is 0 Å². The Morgan fingerprint density at radius 1 is 1.32 bits per heavy atom. The third kappa shape index (κ3) is 3.23. The number of rotatable bonds is 4. The second-order valence-corrected chi connectivity index (χ2v) is 5.00. The molecule has 1 N–H and O–H groups in total. The molecule has 1 aromatic carbocycles. The molecule has 2 aromatic rings. The van der Waals surface area contributed by atoms with Gasteiger partial charge in [-0.25, -0.2) is 4.98 Å². The van der Waals surface area contributed by atoms with Crippen molar-refractivity contribution in [3.8, 4) is 11.6 Å². The van der Waals surface area contributed by atoms with Crippen LogP contribution in [-0.4, -0.2) is 17.0 Å². The number of aryl methyl sites for hydroxylation is 1. The molecule has 0 fully saturated rings. The van der Waals surface area contributed by atoms with Crippen LogP contribution in [0.5, 0.6) is 11.6 Å². The van der Waals surface area contributed by atoms with Gasteiger partial charge in [0.25, 0.3) is 0 Å². The van der Waals surface area contributed by atoms with Crippen LogP contribution in [0, 0.1) is 6.92 Å². The minimum Gasteiger partial charge on any atom is -0.439 e. The first kappa shape index (κ1) is 13.8. The molecular weight excluding hydrogens is 306 g/mol. The fraction of sp³-hybridized carbons (Fsp3) is 0.286. The van der Waals surface area contributed by atoms with Gasteiger partial charge in [-0.2, -0.15) is 4.98 Å². The first-order valence-corrected chi connectivity index (χ1v) is 6.92. The molecule has 0 bridgehead atoms. The highest BCUT2D eigenvalue weighted by molar-refractivity contribution is 9.10. The standard InChI is InChI=1S/C14H16BrN3O/c1-4-12-17-13(16-3)9(2)14(18-12)19-11-7-5-6-10(15)8-11/h5-8H,4H2,1-3H3,(H,16,17,18). The third-order valence-corrected chi connectivity index (χ3v) is 3.20. The molecule has 1 heterocycles. The molecule has 19 heavy (non-hydrogen) atoms. The predicted octanol–water partition coefficient (Wildman–Crippen LogP) is 3.94. The molecule has 0 aliphatic carbocycles. The maximum atomic E-state index is 5.85. The topological polar surface area (TPSA) is 47.0 Å². The number of anilines is 1. The second kappa shape index (κ2) is 6.02. The number of aromatic nitrogens is 2. The summed E-state index contributed by atoms with van der Waals surface area (Å²) < 4.78 is 6.83. The van der Waals surface area contributed by atoms with Crippen molar-refractivity contribution in [2.24, 2.45) is 0 Å². The first-order valence-electron chi connectivity index (χ1n) is 6.12. The molecule has 0 saturated heterocycles. The summed E-state index contributed by atoms with van der Waals surface area (Å²) in [7, 11) is 1.84. The Kier molecular flexibility index (Phi) is 4.37. The Balaban J connectivity index is 2.38. The smallest absolute Gasteiger partial charge is 0.227 e. The summed E-state index contributed by atoms with van der Waals surface area (Å²) in [4.78, 5) is 8.85. The van der Waals surface area contributed by atoms with Gasteiger partial charge in [0.05, 0.1) is 5.56 Å². The van der Waals surface area contributed by atoms with Crippen molar-refractivity contribution in [2.75, 3.05) is 12.4 Å². The van der Waals surface area contributed by atoms with E-state index < -0.39 is 0 Å². The van der Waals surface area contributed by atoms with Gasteiger partial charge in [0.2, 0.25) is 5.88 Å². The molecule has 0 radical (unpaired) electrons. The van der Waals surface area contributed by atoms with E-state index in [1.165, 1.54) is 0 Å². The SMILES string of the molecule is CCc1nc(NC)c(C)c(Oc2cccc(Br)c2)n1. The summed E-state index contributed by atoms with van der Waals surface area (Å²) in [5.74, 6) is 2.91. The molecule has 0 aliphatic rings. The van der Waals surface area contributed by atoms with Crippen molar-refractivity contribution in [3.05, 3.63) is 40.1 Å². The quantitative estimate of drug-likeness (QED) is 0.926. The van der Waals surface area contributed by atoms with Crippen LogP contribution in [0.25, 0.3) is 0 Å². The lowest BCUT2D eigenvalue weighted by Crippen LogP contribution is -2.04. The minimum atomic E-state index is 0.592. The molecule has 0 aliphatic heterocycles. The molecule has 2 rings (SSSR count). The lowest BCUT2D eigenvalue weighted by molar-refractivity contribution is 0.455. The second-order valence-electron chi connectivity index (χ2n) is 4.08. The van der Waals surface area contributed by atoms with Gasteiger partial charge in [-0.15, -0.1) is 0 Å². The first-order chi connectivity index (χ1) is 9.13. The van der Waals surface area contributed by atoms with E-state index in [2.05, 4.69) is 31.2 Å². The van der Waals surface area contributed by atoms with Gasteiger partial charge < -0.3 is 10.1 Å². The number of benzene rings is 1. The highest BCUT2D eigenvalue weighted by atomic mass is 79.9. The van der Waals surface area contributed by atoms with Gasteiger partial charge in [0.15, 0.2) is 0 Å². The molecule has 5 heteroatoms. The number of nitrogens with zero attached hydrogens (tertiary/aromatic N) is 2. The van der Waals surface area contributed by atoms with E-state index >= 15 is 0 Å². The number of nitrogens with one attached hydrogen (secondary N) is 1. The van der Waals surface area contributed by atoms with E-state index in [9.17, 15) is 0 Å². The Labute approximate surface area is 121 Å². The fourth-order valence-electron chi connectivity index (χ4n) is 1.68. The van der Waals surface area contributed by atoms with Crippen LogP contribution in [0.1, 0.15) is 18.3 Å². The highest BCUT2D eigenvalue weighted by Gasteiger charge is 2.11. The third-order valence-electron chi connectivity index (χ3n) is 2.71. The van der Waals surface area contributed by atoms with E-state index in [1.807, 2.05) is 45.2 Å². The van der Waals surface area contributed by atoms with Crippen molar-refractivity contribution in [2.45, 2.75) is 20.3 Å². The molecule has 4 nitrogen and oxygen atoms in total. The summed E-state index contributed by atoms with van der Waals surface area (Å²) >= 11 is 3.43. The summed E-state index contributed by atoms with van der Waals surface area (Å²) in [6.07, 6.45) is 0.768. The van der Waals surface area contributed by atoms with Gasteiger partial charge in [-0.05, 0) is 25.1 Å². The lowest BCUT2D eigenvalue weighted by Gasteiger charge is -2.12. The summed E-state index contributed by atoms with van der Waals surface area (Å²) in [6.45, 7) is 3.96. The number of halogens is 1. The average molecular weight is 322 g/mol. The zero-order valence-corrected chi connectivity index (χ0v) is 12.8. The van der Waals surface area contributed by atoms with E-state index in [0.717, 1.165) is 33.8 Å². The molecule has 0 unspecified atom stereocenters. The van der Waals surface area contributed by atoms with Gasteiger partial charge in [-0.3, -0.25) is 0 Å². The minimum absolute atomic E-state index is 0.592. The number of hydrogen-bond donors (Lipinski definition) is 1. The molecule has 0 spiro atoms. The van der Waals surface area contributed by atoms with Crippen LogP contribution in [0.15, 0.2) is 28.7 Å². The van der Waals surface area contributed by atoms with Crippen LogP contribution in [0.2, 0.25) is 0 Å². The van der Waals surface area contributed by atoms with Crippen molar-refractivity contribution < 1.29 is 4.74 Å². The number of hydrogen-bond acceptors (Lipinski definition) is 4. The van der Waals surface area contributed by atoms with E-state index in [0.29, 0.717) is 5.88 Å². The molecule has 0 saturated carbocycles. The Morgan fingerprint density at radius 3 is 2.74 bits per heavy atom. The normalized spacial score (nSPS) is 10.3. The Hall–Kier alpha value is -1.62. The number of ether oxygens (including phenoxy) is 1. The van der Waals surface area contributed by atoms with Crippen molar-refractivity contribution >= 4 is 21.7 Å². The van der Waals surface area contributed by atoms with Gasteiger partial charge in [-0.1, -0.05) is 28.9 Å². The summed E-state index contributed by atoms with van der Waals surface area (Å²) in [5, 5.41) is 3.07. The maximum absolute atomic E-state index is 5.85. The van der Waals surface area contributed by atoms with Crippen LogP contribution in [0.4, 0.5) is 5.82 Å². The predicted molar refractivity (Wildman–Crippen MR) is 79.9 cm³/mol. The lowest BCUT2D eigenvalue weighted by atomic mass is 10.3. The molecule has 0 atom stereocenters. The van der Waals surface area contributed by atoms with Gasteiger partial charge in [0, 0.05) is 17.9 Å². The maximum Gasteiger partial charge on any atom is 0.227 e. The van der Waals surface area contributed by atoms with Crippen molar-refractivity contribution in [1.29, 1.82) is 0 Å². The van der Waals surface area contributed by atoms with E-state index in [1.54, 1.807) is 0 Å². The van der Waals surface area contributed by atoms with Crippen molar-refractivity contribution in [3.63, 3.8) is 0 Å². The van der Waals surface area contributed by atoms with Crippen LogP contribution >= 0.6 is 15.9 Å². The van der Waals surface area contributed by atoms with E-state index in [4.69, 9.17) is 4.74 Å². The zero-order valence-electron chi connectivity index (χ0n) is 11.2. The van der Waals surface area contributed by atoms with Crippen molar-refractivity contribution in [1.82, 2.24) is 9.97 Å². The summed E-state index contributed by atoms with van der Waals surface area (Å²) in [6, 6.07) is 7.69. The fourth-order valence-corrected chi connectivity index (χ4v) is 2.06. The average Bonchev–Trinajstić information content (AvgIpc) is 2.41. The largest absolute Gasteiger partial charge is 0.439 e. The van der Waals surface area contributed by atoms with Crippen LogP contribution < -0.4 is 10.1 Å². The molecule has 0 amide bonds. The molecular formula is C14H16BrN3O. The van der Waals surface area contributed by atoms with Gasteiger partial charge in [0.1, 0.15) is 17.4 Å². The zero-order chi connectivity index (χ0) is 13.8. The van der Waals surface area contributed by atoms with Gasteiger partial charge >= 0.3 is 0 Å². The summed E-state index contributed by atoms with van der Waals surface area (Å²) in [5.41, 5.74) is 0.902. The monoisotopic (exact) mass is 321 g/mol. The molecule has 100 valence electrons. The highest BCUT2D eigenvalue weighted by Crippen LogP contribution is 2.28. The molecule has 1 aromatic heterocycles.